The molecule has 0 bridgehead atoms. The number of hydrogen-bond acceptors (Lipinski definition) is 4. The van der Waals surface area contributed by atoms with Crippen molar-refractivity contribution in [2.24, 2.45) is 0 Å². The lowest BCUT2D eigenvalue weighted by Crippen LogP contribution is -2.33. The average molecular weight is 276 g/mol. The van der Waals surface area contributed by atoms with Crippen molar-refractivity contribution >= 4 is 27.5 Å². The summed E-state index contributed by atoms with van der Waals surface area (Å²) in [4.78, 5) is 18.6. The third-order valence-corrected chi connectivity index (χ3v) is 4.57. The first-order valence-corrected chi connectivity index (χ1v) is 7.25. The fraction of sp³-hybridized carbons (Fsp3) is 0.429. The summed E-state index contributed by atoms with van der Waals surface area (Å²) in [6, 6.07) is 8.24. The van der Waals surface area contributed by atoms with Gasteiger partial charge < -0.3 is 9.64 Å². The average Bonchev–Trinajstić information content (AvgIpc) is 3.05. The molecule has 1 aliphatic rings. The van der Waals surface area contributed by atoms with E-state index in [2.05, 4.69) is 11.1 Å². The molecule has 100 valence electrons. The van der Waals surface area contributed by atoms with Crippen LogP contribution in [0.1, 0.15) is 23.9 Å². The number of fused-ring (bicyclic) bond motifs is 1. The molecule has 1 fully saturated rings. The number of methoxy groups -OCH3 is 1. The molecule has 2 aromatic rings. The van der Waals surface area contributed by atoms with Gasteiger partial charge in [-0.15, -0.1) is 11.3 Å². The highest BCUT2D eigenvalue weighted by atomic mass is 32.1. The highest BCUT2D eigenvalue weighted by molar-refractivity contribution is 7.18. The van der Waals surface area contributed by atoms with Crippen molar-refractivity contribution in [1.82, 2.24) is 9.88 Å². The number of para-hydroxylation sites is 1. The number of hydrogen-bond donors (Lipinski definition) is 0. The molecule has 1 aromatic heterocycles. The van der Waals surface area contributed by atoms with E-state index in [4.69, 9.17) is 4.74 Å². The van der Waals surface area contributed by atoms with Gasteiger partial charge in [0.2, 0.25) is 5.91 Å². The second-order valence-corrected chi connectivity index (χ2v) is 5.76. The number of amides is 1. The quantitative estimate of drug-likeness (QED) is 0.865. The Hall–Kier alpha value is -1.46. The van der Waals surface area contributed by atoms with E-state index in [1.807, 2.05) is 23.1 Å². The van der Waals surface area contributed by atoms with Crippen LogP contribution in [-0.4, -0.2) is 36.1 Å². The zero-order valence-corrected chi connectivity index (χ0v) is 11.7. The monoisotopic (exact) mass is 276 g/mol. The minimum atomic E-state index is 0.0595. The van der Waals surface area contributed by atoms with E-state index in [-0.39, 0.29) is 18.6 Å². The van der Waals surface area contributed by atoms with E-state index in [1.165, 1.54) is 4.70 Å². The van der Waals surface area contributed by atoms with Crippen molar-refractivity contribution < 1.29 is 9.53 Å². The molecule has 3 rings (SSSR count). The molecule has 0 radical (unpaired) electrons. The number of aromatic nitrogens is 1. The van der Waals surface area contributed by atoms with Crippen LogP contribution in [0.4, 0.5) is 0 Å². The minimum Gasteiger partial charge on any atom is -0.375 e. The third kappa shape index (κ3) is 2.35. The Morgan fingerprint density at radius 1 is 1.53 bits per heavy atom. The summed E-state index contributed by atoms with van der Waals surface area (Å²) in [7, 11) is 1.56. The van der Waals surface area contributed by atoms with Crippen molar-refractivity contribution in [3.05, 3.63) is 29.3 Å². The van der Waals surface area contributed by atoms with Gasteiger partial charge in [-0.1, -0.05) is 12.1 Å². The maximum atomic E-state index is 12.0. The summed E-state index contributed by atoms with van der Waals surface area (Å²) in [6.45, 7) is 0.962. The molecule has 0 aliphatic carbocycles. The van der Waals surface area contributed by atoms with Gasteiger partial charge in [0.25, 0.3) is 0 Å². The van der Waals surface area contributed by atoms with Crippen LogP contribution in [0.25, 0.3) is 10.2 Å². The molecule has 0 unspecified atom stereocenters. The predicted octanol–water partition coefficient (Wildman–Crippen LogP) is 2.61. The first-order chi connectivity index (χ1) is 9.29. The molecular weight excluding hydrogens is 260 g/mol. The van der Waals surface area contributed by atoms with Crippen LogP contribution in [0.5, 0.6) is 0 Å². The lowest BCUT2D eigenvalue weighted by Gasteiger charge is -2.22. The zero-order valence-electron chi connectivity index (χ0n) is 10.8. The van der Waals surface area contributed by atoms with Gasteiger partial charge in [0, 0.05) is 13.7 Å². The van der Waals surface area contributed by atoms with E-state index in [1.54, 1.807) is 18.4 Å². The molecule has 2 heterocycles. The molecule has 1 aliphatic heterocycles. The summed E-state index contributed by atoms with van der Waals surface area (Å²) in [5.41, 5.74) is 1.02. The van der Waals surface area contributed by atoms with E-state index < -0.39 is 0 Å². The maximum Gasteiger partial charge on any atom is 0.249 e. The molecular formula is C14H16N2O2S. The predicted molar refractivity (Wildman–Crippen MR) is 75.2 cm³/mol. The molecule has 0 N–H and O–H groups in total. The van der Waals surface area contributed by atoms with Gasteiger partial charge in [-0.25, -0.2) is 4.98 Å². The minimum absolute atomic E-state index is 0.0595. The van der Waals surface area contributed by atoms with Crippen LogP contribution in [0.15, 0.2) is 24.3 Å². The van der Waals surface area contributed by atoms with Gasteiger partial charge in [-0.2, -0.15) is 0 Å². The lowest BCUT2D eigenvalue weighted by atomic mass is 10.2. The van der Waals surface area contributed by atoms with Gasteiger partial charge in [0.1, 0.15) is 11.6 Å². The van der Waals surface area contributed by atoms with Crippen LogP contribution in [-0.2, 0) is 9.53 Å². The van der Waals surface area contributed by atoms with Crippen molar-refractivity contribution in [2.75, 3.05) is 20.3 Å². The number of benzene rings is 1. The third-order valence-electron chi connectivity index (χ3n) is 3.44. The molecule has 0 spiro atoms. The first kappa shape index (κ1) is 12.6. The molecule has 1 saturated heterocycles. The second kappa shape index (κ2) is 5.27. The summed E-state index contributed by atoms with van der Waals surface area (Å²) < 4.78 is 6.13. The maximum absolute atomic E-state index is 12.0. The van der Waals surface area contributed by atoms with Gasteiger partial charge in [-0.3, -0.25) is 4.79 Å². The van der Waals surface area contributed by atoms with E-state index in [0.29, 0.717) is 0 Å². The fourth-order valence-electron chi connectivity index (χ4n) is 2.56. The van der Waals surface area contributed by atoms with Crippen LogP contribution < -0.4 is 0 Å². The first-order valence-electron chi connectivity index (χ1n) is 6.43. The smallest absolute Gasteiger partial charge is 0.249 e. The molecule has 5 heteroatoms. The summed E-state index contributed by atoms with van der Waals surface area (Å²) >= 11 is 1.69. The standard InChI is InChI=1S/C14H16N2O2S/c1-18-9-13(17)16-8-4-6-11(16)14-15-10-5-2-3-7-12(10)19-14/h2-3,5,7,11H,4,6,8-9H2,1H3/t11-/m0/s1. The number of nitrogens with zero attached hydrogens (tertiary/aromatic N) is 2. The Bertz CT molecular complexity index is 563. The van der Waals surface area contributed by atoms with Crippen LogP contribution in [0.3, 0.4) is 0 Å². The number of carbonyl (C=O) groups is 1. The van der Waals surface area contributed by atoms with Crippen molar-refractivity contribution in [2.45, 2.75) is 18.9 Å². The number of ether oxygens (including phenoxy) is 1. The molecule has 19 heavy (non-hydrogen) atoms. The number of thiazole rings is 1. The van der Waals surface area contributed by atoms with Gasteiger partial charge in [0.05, 0.1) is 16.3 Å². The van der Waals surface area contributed by atoms with Crippen molar-refractivity contribution in [1.29, 1.82) is 0 Å². The van der Waals surface area contributed by atoms with E-state index >= 15 is 0 Å². The Morgan fingerprint density at radius 2 is 2.37 bits per heavy atom. The number of carbonyl (C=O) groups excluding carboxylic acids is 1. The number of rotatable bonds is 3. The fourth-order valence-corrected chi connectivity index (χ4v) is 3.68. The molecule has 1 atom stereocenters. The Labute approximate surface area is 116 Å². The molecule has 1 aromatic carbocycles. The summed E-state index contributed by atoms with van der Waals surface area (Å²) in [5.74, 6) is 0.0595. The summed E-state index contributed by atoms with van der Waals surface area (Å²) in [5, 5.41) is 1.04. The van der Waals surface area contributed by atoms with Crippen molar-refractivity contribution in [3.8, 4) is 0 Å². The molecule has 1 amide bonds. The number of likely N-dealkylation sites (tertiary alicyclic amines) is 1. The highest BCUT2D eigenvalue weighted by Crippen LogP contribution is 2.36. The normalized spacial score (nSPS) is 19.2. The summed E-state index contributed by atoms with van der Waals surface area (Å²) in [6.07, 6.45) is 2.03. The van der Waals surface area contributed by atoms with Gasteiger partial charge >= 0.3 is 0 Å². The Morgan fingerprint density at radius 3 is 3.16 bits per heavy atom. The molecule has 4 nitrogen and oxygen atoms in total. The van der Waals surface area contributed by atoms with Gasteiger partial charge in [-0.05, 0) is 25.0 Å². The van der Waals surface area contributed by atoms with Crippen LogP contribution in [0.2, 0.25) is 0 Å². The van der Waals surface area contributed by atoms with Crippen LogP contribution >= 0.6 is 11.3 Å². The van der Waals surface area contributed by atoms with Crippen LogP contribution in [0, 0.1) is 0 Å². The molecule has 0 saturated carbocycles. The zero-order chi connectivity index (χ0) is 13.2. The lowest BCUT2D eigenvalue weighted by molar-refractivity contribution is -0.136. The Balaban J connectivity index is 1.89. The topological polar surface area (TPSA) is 42.4 Å². The Kier molecular flexibility index (Phi) is 3.48. The van der Waals surface area contributed by atoms with Crippen molar-refractivity contribution in [3.63, 3.8) is 0 Å². The SMILES string of the molecule is COCC(=O)N1CCC[C@H]1c1nc2ccccc2s1. The van der Waals surface area contributed by atoms with E-state index in [9.17, 15) is 4.79 Å². The largest absolute Gasteiger partial charge is 0.375 e. The van der Waals surface area contributed by atoms with Gasteiger partial charge in [0.15, 0.2) is 0 Å². The van der Waals surface area contributed by atoms with E-state index in [0.717, 1.165) is 29.9 Å². The highest BCUT2D eigenvalue weighted by Gasteiger charge is 2.31. The second-order valence-electron chi connectivity index (χ2n) is 4.70.